The summed E-state index contributed by atoms with van der Waals surface area (Å²) in [5, 5.41) is 19.0. The first kappa shape index (κ1) is 26.0. The fourth-order valence-electron chi connectivity index (χ4n) is 5.22. The second kappa shape index (κ2) is 11.1. The zero-order valence-electron chi connectivity index (χ0n) is 20.2. The summed E-state index contributed by atoms with van der Waals surface area (Å²) in [5.74, 6) is 0.0402. The zero-order chi connectivity index (χ0) is 23.3. The first-order chi connectivity index (χ1) is 14.5. The Balaban J connectivity index is 1.89. The minimum absolute atomic E-state index is 0.0287. The molecule has 2 fully saturated rings. The van der Waals surface area contributed by atoms with Crippen LogP contribution in [0.2, 0.25) is 0 Å². The maximum atomic E-state index is 11.0. The summed E-state index contributed by atoms with van der Waals surface area (Å²) >= 11 is 0. The maximum absolute atomic E-state index is 11.0. The van der Waals surface area contributed by atoms with E-state index in [1.807, 2.05) is 0 Å². The van der Waals surface area contributed by atoms with Crippen LogP contribution in [-0.2, 0) is 19.0 Å². The lowest BCUT2D eigenvalue weighted by Crippen LogP contribution is -2.36. The van der Waals surface area contributed by atoms with Gasteiger partial charge >= 0.3 is 5.97 Å². The van der Waals surface area contributed by atoms with Crippen LogP contribution in [0.1, 0.15) is 67.2 Å². The van der Waals surface area contributed by atoms with E-state index >= 15 is 0 Å². The lowest BCUT2D eigenvalue weighted by Gasteiger charge is -2.35. The molecule has 6 nitrogen and oxygen atoms in total. The smallest absolute Gasteiger partial charge is 0.305 e. The van der Waals surface area contributed by atoms with E-state index < -0.39 is 12.1 Å². The number of methoxy groups -OCH3 is 1. The Hall–Kier alpha value is -1.21. The molecule has 9 atom stereocenters. The number of hydrogen-bond acceptors (Lipinski definition) is 5. The predicted octanol–water partition coefficient (Wildman–Crippen LogP) is 4.36. The number of epoxide rings is 1. The van der Waals surface area contributed by atoms with Crippen molar-refractivity contribution in [2.75, 3.05) is 7.11 Å². The first-order valence-corrected chi connectivity index (χ1v) is 11.6. The Morgan fingerprint density at radius 2 is 1.97 bits per heavy atom. The van der Waals surface area contributed by atoms with Crippen LogP contribution in [0.15, 0.2) is 23.8 Å². The van der Waals surface area contributed by atoms with Gasteiger partial charge in [-0.1, -0.05) is 39.0 Å². The number of aliphatic hydroxyl groups excluding tert-OH is 1. The van der Waals surface area contributed by atoms with Crippen LogP contribution >= 0.6 is 0 Å². The minimum Gasteiger partial charge on any atom is -0.481 e. The molecule has 0 aromatic carbocycles. The lowest BCUT2D eigenvalue weighted by atomic mass is 9.85. The number of allylic oxidation sites excluding steroid dienone is 3. The molecule has 0 unspecified atom stereocenters. The average molecular weight is 439 g/mol. The highest BCUT2D eigenvalue weighted by Gasteiger charge is 2.56. The summed E-state index contributed by atoms with van der Waals surface area (Å²) < 4.78 is 17.6. The van der Waals surface area contributed by atoms with Crippen molar-refractivity contribution in [3.8, 4) is 0 Å². The molecule has 2 saturated heterocycles. The summed E-state index contributed by atoms with van der Waals surface area (Å²) in [6.07, 6.45) is 8.21. The maximum Gasteiger partial charge on any atom is 0.305 e. The van der Waals surface area contributed by atoms with Crippen LogP contribution in [0, 0.1) is 17.8 Å². The molecule has 0 saturated carbocycles. The highest BCUT2D eigenvalue weighted by Crippen LogP contribution is 2.47. The number of carbonyl (C=O) groups is 1. The average Bonchev–Trinajstić information content (AvgIpc) is 3.33. The molecule has 0 amide bonds. The fraction of sp³-hybridized carbons (Fsp3) is 0.800. The third-order valence-electron chi connectivity index (χ3n) is 6.86. The summed E-state index contributed by atoms with van der Waals surface area (Å²) in [5.41, 5.74) is 0.935. The van der Waals surface area contributed by atoms with Gasteiger partial charge in [-0.3, -0.25) is 4.79 Å². The van der Waals surface area contributed by atoms with Gasteiger partial charge < -0.3 is 24.4 Å². The van der Waals surface area contributed by atoms with Gasteiger partial charge in [-0.2, -0.15) is 0 Å². The number of hydrogen-bond donors (Lipinski definition) is 2. The third-order valence-corrected chi connectivity index (χ3v) is 6.86. The molecule has 31 heavy (non-hydrogen) atoms. The van der Waals surface area contributed by atoms with Crippen LogP contribution in [0.25, 0.3) is 0 Å². The van der Waals surface area contributed by atoms with E-state index in [2.05, 4.69) is 52.8 Å². The number of carboxylic acid groups (broad SMARTS) is 1. The fourth-order valence-corrected chi connectivity index (χ4v) is 5.22. The number of aliphatic hydroxyl groups is 1. The van der Waals surface area contributed by atoms with Gasteiger partial charge in [0.2, 0.25) is 0 Å². The van der Waals surface area contributed by atoms with Crippen molar-refractivity contribution in [2.24, 2.45) is 17.8 Å². The van der Waals surface area contributed by atoms with Gasteiger partial charge in [0.25, 0.3) is 0 Å². The normalized spacial score (nSPS) is 35.5. The van der Waals surface area contributed by atoms with E-state index in [4.69, 9.17) is 19.3 Å². The Morgan fingerprint density at radius 3 is 2.55 bits per heavy atom. The number of aliphatic carboxylic acids is 1. The SMILES string of the molecule is CO[C@H]([C@@H](C)[C@H]1O[C@]1(C)C[C@@H](C)/C=C/C=C(\C)[C@H]1O[C@@H](CC(=O)O)CC[C@@H]1C)[C@@H](C)O. The van der Waals surface area contributed by atoms with E-state index in [-0.39, 0.29) is 42.4 Å². The van der Waals surface area contributed by atoms with E-state index in [0.29, 0.717) is 11.8 Å². The largest absolute Gasteiger partial charge is 0.481 e. The van der Waals surface area contributed by atoms with Crippen molar-refractivity contribution < 1.29 is 29.2 Å². The van der Waals surface area contributed by atoms with Gasteiger partial charge in [0.1, 0.15) is 0 Å². The Morgan fingerprint density at radius 1 is 1.29 bits per heavy atom. The molecular weight excluding hydrogens is 396 g/mol. The van der Waals surface area contributed by atoms with Gasteiger partial charge in [-0.05, 0) is 57.4 Å². The van der Waals surface area contributed by atoms with E-state index in [1.54, 1.807) is 14.0 Å². The summed E-state index contributed by atoms with van der Waals surface area (Å²) in [6.45, 7) is 12.4. The molecule has 0 spiro atoms. The molecule has 178 valence electrons. The topological polar surface area (TPSA) is 88.5 Å². The molecule has 0 bridgehead atoms. The molecule has 2 aliphatic rings. The van der Waals surface area contributed by atoms with Gasteiger partial charge in [0.15, 0.2) is 0 Å². The van der Waals surface area contributed by atoms with Crippen molar-refractivity contribution in [3.63, 3.8) is 0 Å². The molecule has 2 heterocycles. The molecule has 0 aromatic rings. The predicted molar refractivity (Wildman–Crippen MR) is 121 cm³/mol. The van der Waals surface area contributed by atoms with Crippen LogP contribution in [0.4, 0.5) is 0 Å². The third kappa shape index (κ3) is 7.14. The zero-order valence-corrected chi connectivity index (χ0v) is 20.2. The van der Waals surface area contributed by atoms with Crippen LogP contribution in [0.5, 0.6) is 0 Å². The highest BCUT2D eigenvalue weighted by atomic mass is 16.6. The molecule has 2 N–H and O–H groups in total. The van der Waals surface area contributed by atoms with Crippen molar-refractivity contribution in [1.82, 2.24) is 0 Å². The summed E-state index contributed by atoms with van der Waals surface area (Å²) in [7, 11) is 1.63. The van der Waals surface area contributed by atoms with Gasteiger partial charge in [0.05, 0.1) is 42.5 Å². The van der Waals surface area contributed by atoms with Crippen LogP contribution in [-0.4, -0.2) is 59.4 Å². The van der Waals surface area contributed by atoms with Crippen molar-refractivity contribution in [3.05, 3.63) is 23.8 Å². The molecule has 2 aliphatic heterocycles. The molecule has 6 heteroatoms. The number of rotatable bonds is 11. The van der Waals surface area contributed by atoms with Crippen LogP contribution < -0.4 is 0 Å². The van der Waals surface area contributed by atoms with E-state index in [1.165, 1.54) is 0 Å². The van der Waals surface area contributed by atoms with Gasteiger partial charge in [-0.15, -0.1) is 0 Å². The Kier molecular flexibility index (Phi) is 9.31. The Labute approximate surface area is 187 Å². The van der Waals surface area contributed by atoms with Crippen LogP contribution in [0.3, 0.4) is 0 Å². The van der Waals surface area contributed by atoms with E-state index in [0.717, 1.165) is 24.8 Å². The lowest BCUT2D eigenvalue weighted by molar-refractivity contribution is -0.143. The monoisotopic (exact) mass is 438 g/mol. The quantitative estimate of drug-likeness (QED) is 0.368. The molecule has 0 radical (unpaired) electrons. The standard InChI is InChI=1S/C25H42O6/c1-15(14-25(6)24(31-25)18(4)23(29-7)19(5)26)9-8-10-16(2)22-17(3)11-12-20(30-22)13-21(27)28/h8-10,15,17-20,22-24,26H,11-14H2,1-7H3,(H,27,28)/b9-8+,16-10+/t15-,17-,18+,19+,20+,22+,23+,24+,25+/m0/s1. The first-order valence-electron chi connectivity index (χ1n) is 11.6. The van der Waals surface area contributed by atoms with Gasteiger partial charge in [-0.25, -0.2) is 0 Å². The van der Waals surface area contributed by atoms with Crippen molar-refractivity contribution >= 4 is 5.97 Å². The second-order valence-corrected chi connectivity index (χ2v) is 9.96. The summed E-state index contributed by atoms with van der Waals surface area (Å²) in [4.78, 5) is 11.0. The van der Waals surface area contributed by atoms with Crippen molar-refractivity contribution in [2.45, 2.75) is 103 Å². The second-order valence-electron chi connectivity index (χ2n) is 9.96. The van der Waals surface area contributed by atoms with Crippen molar-refractivity contribution in [1.29, 1.82) is 0 Å². The molecular formula is C25H42O6. The number of ether oxygens (including phenoxy) is 3. The molecule has 2 rings (SSSR count). The van der Waals surface area contributed by atoms with E-state index in [9.17, 15) is 9.90 Å². The summed E-state index contributed by atoms with van der Waals surface area (Å²) in [6, 6.07) is 0. The molecule has 0 aliphatic carbocycles. The van der Waals surface area contributed by atoms with Gasteiger partial charge in [0, 0.05) is 13.0 Å². The highest BCUT2D eigenvalue weighted by molar-refractivity contribution is 5.67. The Bertz CT molecular complexity index is 656. The minimum atomic E-state index is -0.803. The number of carboxylic acids is 1. The molecule has 0 aromatic heterocycles.